The van der Waals surface area contributed by atoms with Gasteiger partial charge in [0.1, 0.15) is 6.61 Å². The van der Waals surface area contributed by atoms with Crippen LogP contribution in [0.2, 0.25) is 0 Å². The summed E-state index contributed by atoms with van der Waals surface area (Å²) < 4.78 is 10.1. The fourth-order valence-electron chi connectivity index (χ4n) is 3.45. The van der Waals surface area contributed by atoms with Crippen molar-refractivity contribution in [1.82, 2.24) is 5.32 Å². The van der Waals surface area contributed by atoms with E-state index >= 15 is 0 Å². The van der Waals surface area contributed by atoms with Crippen molar-refractivity contribution >= 4 is 23.3 Å². The first-order chi connectivity index (χ1) is 15.7. The van der Waals surface area contributed by atoms with Gasteiger partial charge in [0.25, 0.3) is 6.47 Å². The van der Waals surface area contributed by atoms with E-state index in [-0.39, 0.29) is 12.5 Å². The van der Waals surface area contributed by atoms with Crippen LogP contribution in [0, 0.1) is 17.8 Å². The summed E-state index contributed by atoms with van der Waals surface area (Å²) in [5.41, 5.74) is 3.10. The molecule has 5 heteroatoms. The van der Waals surface area contributed by atoms with Crippen LogP contribution in [-0.2, 0) is 27.3 Å². The highest BCUT2D eigenvalue weighted by molar-refractivity contribution is 5.91. The van der Waals surface area contributed by atoms with Crippen LogP contribution in [0.4, 0.5) is 4.79 Å². The molecule has 32 heavy (non-hydrogen) atoms. The molecule has 0 aliphatic rings. The van der Waals surface area contributed by atoms with E-state index in [0.29, 0.717) is 26.0 Å². The summed E-state index contributed by atoms with van der Waals surface area (Å²) in [7, 11) is 0. The molecule has 0 bridgehead atoms. The van der Waals surface area contributed by atoms with Gasteiger partial charge in [0, 0.05) is 18.5 Å². The molecule has 5 nitrogen and oxygen atoms in total. The highest BCUT2D eigenvalue weighted by Crippen LogP contribution is 2.24. The number of nitrogens with one attached hydrogen (secondary N) is 1. The Morgan fingerprint density at radius 2 is 1.78 bits per heavy atom. The van der Waals surface area contributed by atoms with Crippen molar-refractivity contribution in [3.63, 3.8) is 0 Å². The molecule has 0 radical (unpaired) electrons. The number of fused-ring (bicyclic) bond motifs is 1. The van der Waals surface area contributed by atoms with Gasteiger partial charge < -0.3 is 14.8 Å². The van der Waals surface area contributed by atoms with Gasteiger partial charge in [0.15, 0.2) is 0 Å². The molecular formula is C27H27NO4. The summed E-state index contributed by atoms with van der Waals surface area (Å²) in [6.07, 6.45) is 0.895. The third-order valence-electron chi connectivity index (χ3n) is 4.99. The second-order valence-electron chi connectivity index (χ2n) is 7.60. The lowest BCUT2D eigenvalue weighted by Crippen LogP contribution is -2.24. The number of hydrogen-bond donors (Lipinski definition) is 1. The van der Waals surface area contributed by atoms with Crippen LogP contribution in [0.5, 0.6) is 0 Å². The molecule has 0 aliphatic carbocycles. The maximum atomic E-state index is 11.8. The maximum Gasteiger partial charge on any atom is 0.407 e. The van der Waals surface area contributed by atoms with E-state index in [9.17, 15) is 9.59 Å². The molecule has 0 saturated heterocycles. The van der Waals surface area contributed by atoms with Gasteiger partial charge in [0.05, 0.1) is 6.61 Å². The predicted molar refractivity (Wildman–Crippen MR) is 125 cm³/mol. The SMILES string of the molecule is C[C@@H](COC=O)Cc1ccc(C#CCCNC(=O)OCc2ccccc2)c2ccccc12. The highest BCUT2D eigenvalue weighted by atomic mass is 16.5. The molecule has 3 rings (SSSR count). The second kappa shape index (κ2) is 12.2. The molecule has 3 aromatic rings. The van der Waals surface area contributed by atoms with E-state index in [1.54, 1.807) is 0 Å². The second-order valence-corrected chi connectivity index (χ2v) is 7.60. The average Bonchev–Trinajstić information content (AvgIpc) is 2.83. The summed E-state index contributed by atoms with van der Waals surface area (Å²) in [5.74, 6) is 6.58. The zero-order valence-corrected chi connectivity index (χ0v) is 18.2. The third-order valence-corrected chi connectivity index (χ3v) is 4.99. The molecule has 0 aliphatic heterocycles. The Bertz CT molecular complexity index is 1100. The predicted octanol–water partition coefficient (Wildman–Crippen LogP) is 4.86. The molecule has 0 saturated carbocycles. The van der Waals surface area contributed by atoms with Gasteiger partial charge in [0.2, 0.25) is 0 Å². The molecule has 164 valence electrons. The topological polar surface area (TPSA) is 64.6 Å². The maximum absolute atomic E-state index is 11.8. The molecule has 0 unspecified atom stereocenters. The minimum atomic E-state index is -0.446. The van der Waals surface area contributed by atoms with Crippen LogP contribution in [0.1, 0.15) is 30.0 Å². The van der Waals surface area contributed by atoms with Gasteiger partial charge >= 0.3 is 6.09 Å². The van der Waals surface area contributed by atoms with E-state index in [1.165, 1.54) is 5.56 Å². The standard InChI is InChI=1S/C27H27NO4/c1-21(18-31-20-29)17-24-15-14-23(25-12-5-6-13-26(24)25)11-7-8-16-28-27(30)32-19-22-9-3-2-4-10-22/h2-6,9-10,12-15,20-21H,8,16-19H2,1H3,(H,28,30)/t21-/m1/s1. The smallest absolute Gasteiger partial charge is 0.407 e. The van der Waals surface area contributed by atoms with Crippen LogP contribution in [0.15, 0.2) is 66.7 Å². The quantitative estimate of drug-likeness (QED) is 0.300. The third kappa shape index (κ3) is 6.88. The first-order valence-electron chi connectivity index (χ1n) is 10.7. The van der Waals surface area contributed by atoms with Crippen LogP contribution >= 0.6 is 0 Å². The number of amides is 1. The van der Waals surface area contributed by atoms with Crippen molar-refractivity contribution in [2.75, 3.05) is 13.2 Å². The van der Waals surface area contributed by atoms with Crippen LogP contribution in [-0.4, -0.2) is 25.7 Å². The van der Waals surface area contributed by atoms with Crippen molar-refractivity contribution in [3.05, 3.63) is 83.4 Å². The molecule has 3 aromatic carbocycles. The molecule has 0 heterocycles. The van der Waals surface area contributed by atoms with Crippen LogP contribution in [0.3, 0.4) is 0 Å². The minimum Gasteiger partial charge on any atom is -0.468 e. The zero-order valence-electron chi connectivity index (χ0n) is 18.2. The zero-order chi connectivity index (χ0) is 22.6. The molecule has 0 spiro atoms. The Labute approximate surface area is 188 Å². The number of rotatable bonds is 9. The monoisotopic (exact) mass is 429 g/mol. The van der Waals surface area contributed by atoms with Crippen LogP contribution in [0.25, 0.3) is 10.8 Å². The van der Waals surface area contributed by atoms with Crippen molar-refractivity contribution in [2.45, 2.75) is 26.4 Å². The van der Waals surface area contributed by atoms with Gasteiger partial charge in [-0.2, -0.15) is 0 Å². The number of alkyl carbamates (subject to hydrolysis) is 1. The van der Waals surface area contributed by atoms with Gasteiger partial charge in [-0.1, -0.05) is 79.4 Å². The van der Waals surface area contributed by atoms with Gasteiger partial charge in [-0.3, -0.25) is 4.79 Å². The lowest BCUT2D eigenvalue weighted by Gasteiger charge is -2.13. The Kier molecular flexibility index (Phi) is 8.70. The number of carbonyl (C=O) groups is 2. The normalized spacial score (nSPS) is 11.2. The van der Waals surface area contributed by atoms with Crippen molar-refractivity contribution in [1.29, 1.82) is 0 Å². The number of ether oxygens (including phenoxy) is 2. The summed E-state index contributed by atoms with van der Waals surface area (Å²) in [4.78, 5) is 22.2. The lowest BCUT2D eigenvalue weighted by atomic mass is 9.94. The van der Waals surface area contributed by atoms with Crippen LogP contribution < -0.4 is 5.32 Å². The summed E-state index contributed by atoms with van der Waals surface area (Å²) >= 11 is 0. The van der Waals surface area contributed by atoms with Gasteiger partial charge in [-0.15, -0.1) is 0 Å². The highest BCUT2D eigenvalue weighted by Gasteiger charge is 2.09. The first-order valence-corrected chi connectivity index (χ1v) is 10.7. The van der Waals surface area contributed by atoms with E-state index in [2.05, 4.69) is 42.3 Å². The number of benzene rings is 3. The fraction of sp³-hybridized carbons (Fsp3) is 0.259. The van der Waals surface area contributed by atoms with E-state index in [1.807, 2.05) is 48.5 Å². The molecule has 0 aromatic heterocycles. The Morgan fingerprint density at radius 1 is 1.03 bits per heavy atom. The van der Waals surface area contributed by atoms with Crippen molar-refractivity contribution < 1.29 is 19.1 Å². The largest absolute Gasteiger partial charge is 0.468 e. The average molecular weight is 430 g/mol. The minimum absolute atomic E-state index is 0.230. The van der Waals surface area contributed by atoms with E-state index < -0.39 is 6.09 Å². The van der Waals surface area contributed by atoms with E-state index in [0.717, 1.165) is 28.3 Å². The Balaban J connectivity index is 1.54. The molecule has 1 N–H and O–H groups in total. The number of hydrogen-bond acceptors (Lipinski definition) is 4. The van der Waals surface area contributed by atoms with Gasteiger partial charge in [-0.05, 0) is 40.3 Å². The summed E-state index contributed by atoms with van der Waals surface area (Å²) in [6, 6.07) is 21.8. The fourth-order valence-corrected chi connectivity index (χ4v) is 3.45. The molecule has 1 amide bonds. The van der Waals surface area contributed by atoms with E-state index in [4.69, 9.17) is 9.47 Å². The number of carbonyl (C=O) groups excluding carboxylic acids is 2. The van der Waals surface area contributed by atoms with Crippen molar-refractivity contribution in [2.24, 2.45) is 5.92 Å². The first kappa shape index (κ1) is 22.9. The van der Waals surface area contributed by atoms with Crippen molar-refractivity contribution in [3.8, 4) is 11.8 Å². The lowest BCUT2D eigenvalue weighted by molar-refractivity contribution is -0.129. The summed E-state index contributed by atoms with van der Waals surface area (Å²) in [6.45, 7) is 3.62. The van der Waals surface area contributed by atoms with Gasteiger partial charge in [-0.25, -0.2) is 4.79 Å². The summed E-state index contributed by atoms with van der Waals surface area (Å²) in [5, 5.41) is 4.97. The molecule has 1 atom stereocenters. The molecular weight excluding hydrogens is 402 g/mol. The Hall–Kier alpha value is -3.78. The Morgan fingerprint density at radius 3 is 2.56 bits per heavy atom. The molecule has 0 fully saturated rings.